The lowest BCUT2D eigenvalue weighted by molar-refractivity contribution is -0.117. The molecule has 0 aliphatic carbocycles. The van der Waals surface area contributed by atoms with Crippen molar-refractivity contribution in [1.29, 1.82) is 0 Å². The van der Waals surface area contributed by atoms with Gasteiger partial charge in [0.1, 0.15) is 18.0 Å². The number of hydrogen-bond donors (Lipinski definition) is 1. The molecule has 1 saturated heterocycles. The number of anilines is 1. The lowest BCUT2D eigenvalue weighted by atomic mass is 10.1. The van der Waals surface area contributed by atoms with Crippen LogP contribution >= 0.6 is 0 Å². The van der Waals surface area contributed by atoms with Crippen LogP contribution in [0.25, 0.3) is 16.9 Å². The Labute approximate surface area is 246 Å². The van der Waals surface area contributed by atoms with Crippen LogP contribution in [0.4, 0.5) is 5.95 Å². The van der Waals surface area contributed by atoms with Crippen molar-refractivity contribution in [2.45, 2.75) is 32.8 Å². The molecule has 0 radical (unpaired) electrons. The number of aromatic nitrogens is 2. The predicted octanol–water partition coefficient (Wildman–Crippen LogP) is 5.43. The number of ether oxygens (including phenoxy) is 3. The summed E-state index contributed by atoms with van der Waals surface area (Å²) in [4.78, 5) is 33.5. The molecule has 0 spiro atoms. The Morgan fingerprint density at radius 3 is 2.48 bits per heavy atom. The van der Waals surface area contributed by atoms with Crippen LogP contribution in [-0.4, -0.2) is 66.3 Å². The van der Waals surface area contributed by atoms with Gasteiger partial charge in [-0.15, -0.1) is 0 Å². The molecule has 4 aromatic rings. The van der Waals surface area contributed by atoms with Crippen molar-refractivity contribution < 1.29 is 23.8 Å². The number of benzene rings is 3. The standard InChI is InChI=1S/C33H36N4O5/c1-22-10-13-26(17-23(22)2)37-20-30(24-11-14-27(40-3)15-12-24)34-33(37)35-31(38)21-36(19-29-9-6-16-42-29)32(39)25-7-5-8-28(18-25)41-4/h5,7-8,10-15,17-18,20,29H,6,9,16,19,21H2,1-4H3,(H,34,35,38). The van der Waals surface area contributed by atoms with E-state index in [1.807, 2.05) is 54.1 Å². The molecule has 1 aliphatic heterocycles. The molecule has 1 aliphatic rings. The number of rotatable bonds is 10. The number of carbonyl (C=O) groups excluding carboxylic acids is 2. The molecule has 1 fully saturated rings. The van der Waals surface area contributed by atoms with Crippen LogP contribution in [0.3, 0.4) is 0 Å². The fourth-order valence-corrected chi connectivity index (χ4v) is 4.97. The normalized spacial score (nSPS) is 14.4. The minimum absolute atomic E-state index is 0.119. The molecule has 5 rings (SSSR count). The molecule has 1 N–H and O–H groups in total. The van der Waals surface area contributed by atoms with Crippen LogP contribution in [0.5, 0.6) is 11.5 Å². The Morgan fingerprint density at radius 1 is 1.00 bits per heavy atom. The van der Waals surface area contributed by atoms with Crippen LogP contribution in [0.2, 0.25) is 0 Å². The van der Waals surface area contributed by atoms with Crippen molar-refractivity contribution in [3.05, 3.63) is 89.6 Å². The van der Waals surface area contributed by atoms with Crippen LogP contribution in [-0.2, 0) is 9.53 Å². The number of carbonyl (C=O) groups is 2. The van der Waals surface area contributed by atoms with Crippen molar-refractivity contribution in [3.8, 4) is 28.4 Å². The molecule has 0 saturated carbocycles. The quantitative estimate of drug-likeness (QED) is 0.274. The first-order chi connectivity index (χ1) is 20.3. The Kier molecular flexibility index (Phi) is 8.88. The van der Waals surface area contributed by atoms with Gasteiger partial charge < -0.3 is 19.1 Å². The van der Waals surface area contributed by atoms with E-state index in [0.717, 1.165) is 35.4 Å². The van der Waals surface area contributed by atoms with Crippen molar-refractivity contribution in [1.82, 2.24) is 14.5 Å². The summed E-state index contributed by atoms with van der Waals surface area (Å²) in [6, 6.07) is 20.6. The molecule has 218 valence electrons. The van der Waals surface area contributed by atoms with E-state index < -0.39 is 0 Å². The highest BCUT2D eigenvalue weighted by molar-refractivity contribution is 5.99. The third-order valence-corrected chi connectivity index (χ3v) is 7.50. The summed E-state index contributed by atoms with van der Waals surface area (Å²) in [5.74, 6) is 1.05. The van der Waals surface area contributed by atoms with Gasteiger partial charge in [0.25, 0.3) is 5.91 Å². The molecule has 9 nitrogen and oxygen atoms in total. The fraction of sp³-hybridized carbons (Fsp3) is 0.303. The molecule has 3 aromatic carbocycles. The van der Waals surface area contributed by atoms with Gasteiger partial charge in [0.15, 0.2) is 0 Å². The van der Waals surface area contributed by atoms with E-state index in [1.165, 1.54) is 10.5 Å². The average molecular weight is 569 g/mol. The Hall–Kier alpha value is -4.63. The van der Waals surface area contributed by atoms with Gasteiger partial charge in [0, 0.05) is 36.2 Å². The Balaban J connectivity index is 1.43. The van der Waals surface area contributed by atoms with Gasteiger partial charge in [-0.1, -0.05) is 12.1 Å². The minimum atomic E-state index is -0.360. The van der Waals surface area contributed by atoms with E-state index in [2.05, 4.69) is 18.3 Å². The molecule has 1 aromatic heterocycles. The maximum atomic E-state index is 13.6. The lowest BCUT2D eigenvalue weighted by Gasteiger charge is -2.25. The van der Waals surface area contributed by atoms with Gasteiger partial charge in [-0.25, -0.2) is 4.98 Å². The maximum absolute atomic E-state index is 13.6. The van der Waals surface area contributed by atoms with E-state index in [0.29, 0.717) is 36.1 Å². The third-order valence-electron chi connectivity index (χ3n) is 7.50. The number of amides is 2. The van der Waals surface area contributed by atoms with Crippen molar-refractivity contribution in [2.75, 3.05) is 39.2 Å². The average Bonchev–Trinajstić information content (AvgIpc) is 3.68. The molecular formula is C33H36N4O5. The van der Waals surface area contributed by atoms with Crippen molar-refractivity contribution in [2.24, 2.45) is 0 Å². The number of aryl methyl sites for hydroxylation is 2. The minimum Gasteiger partial charge on any atom is -0.497 e. The smallest absolute Gasteiger partial charge is 0.254 e. The van der Waals surface area contributed by atoms with Gasteiger partial charge in [0.05, 0.1) is 26.0 Å². The molecule has 2 amide bonds. The van der Waals surface area contributed by atoms with Gasteiger partial charge in [-0.3, -0.25) is 19.5 Å². The summed E-state index contributed by atoms with van der Waals surface area (Å²) in [5.41, 5.74) is 5.16. The first-order valence-corrected chi connectivity index (χ1v) is 14.0. The number of imidazole rings is 1. The fourth-order valence-electron chi connectivity index (χ4n) is 4.97. The highest BCUT2D eigenvalue weighted by atomic mass is 16.5. The third kappa shape index (κ3) is 6.63. The first-order valence-electron chi connectivity index (χ1n) is 14.0. The monoisotopic (exact) mass is 568 g/mol. The second kappa shape index (κ2) is 12.9. The summed E-state index contributed by atoms with van der Waals surface area (Å²) < 4.78 is 18.3. The largest absolute Gasteiger partial charge is 0.497 e. The highest BCUT2D eigenvalue weighted by Crippen LogP contribution is 2.27. The summed E-state index contributed by atoms with van der Waals surface area (Å²) in [6.07, 6.45) is 3.55. The summed E-state index contributed by atoms with van der Waals surface area (Å²) in [6.45, 7) is 4.91. The zero-order valence-electron chi connectivity index (χ0n) is 24.4. The van der Waals surface area contributed by atoms with E-state index in [9.17, 15) is 9.59 Å². The van der Waals surface area contributed by atoms with Gasteiger partial charge >= 0.3 is 0 Å². The van der Waals surface area contributed by atoms with Crippen molar-refractivity contribution in [3.63, 3.8) is 0 Å². The molecular weight excluding hydrogens is 532 g/mol. The molecule has 1 unspecified atom stereocenters. The lowest BCUT2D eigenvalue weighted by Crippen LogP contribution is -2.42. The maximum Gasteiger partial charge on any atom is 0.254 e. The van der Waals surface area contributed by atoms with E-state index in [4.69, 9.17) is 19.2 Å². The molecule has 0 bridgehead atoms. The first kappa shape index (κ1) is 28.9. The molecule has 1 atom stereocenters. The number of hydrogen-bond acceptors (Lipinski definition) is 6. The second-order valence-electron chi connectivity index (χ2n) is 10.4. The van der Waals surface area contributed by atoms with Crippen LogP contribution in [0, 0.1) is 13.8 Å². The van der Waals surface area contributed by atoms with Crippen LogP contribution < -0.4 is 14.8 Å². The molecule has 9 heteroatoms. The van der Waals surface area contributed by atoms with Gasteiger partial charge in [0.2, 0.25) is 11.9 Å². The summed E-state index contributed by atoms with van der Waals surface area (Å²) in [7, 11) is 3.18. The van der Waals surface area contributed by atoms with E-state index in [-0.39, 0.29) is 24.5 Å². The van der Waals surface area contributed by atoms with E-state index >= 15 is 0 Å². The zero-order valence-corrected chi connectivity index (χ0v) is 24.4. The molecule has 2 heterocycles. The Morgan fingerprint density at radius 2 is 1.79 bits per heavy atom. The van der Waals surface area contributed by atoms with Crippen LogP contribution in [0.15, 0.2) is 72.9 Å². The SMILES string of the molecule is COc1ccc(-c2cn(-c3ccc(C)c(C)c3)c(NC(=O)CN(CC3CCCO3)C(=O)c3cccc(OC)c3)n2)cc1. The van der Waals surface area contributed by atoms with Gasteiger partial charge in [-0.2, -0.15) is 0 Å². The second-order valence-corrected chi connectivity index (χ2v) is 10.4. The number of methoxy groups -OCH3 is 2. The summed E-state index contributed by atoms with van der Waals surface area (Å²) >= 11 is 0. The summed E-state index contributed by atoms with van der Waals surface area (Å²) in [5, 5.41) is 2.97. The highest BCUT2D eigenvalue weighted by Gasteiger charge is 2.26. The van der Waals surface area contributed by atoms with Crippen LogP contribution in [0.1, 0.15) is 34.3 Å². The number of nitrogens with one attached hydrogen (secondary N) is 1. The topological polar surface area (TPSA) is 94.9 Å². The molecule has 42 heavy (non-hydrogen) atoms. The van der Waals surface area contributed by atoms with Gasteiger partial charge in [-0.05, 0) is 92.4 Å². The zero-order chi connectivity index (χ0) is 29.6. The van der Waals surface area contributed by atoms with Crippen molar-refractivity contribution >= 4 is 17.8 Å². The Bertz CT molecular complexity index is 1560. The predicted molar refractivity (Wildman–Crippen MR) is 162 cm³/mol. The van der Waals surface area contributed by atoms with E-state index in [1.54, 1.807) is 38.5 Å². The number of nitrogens with zero attached hydrogens (tertiary/aromatic N) is 3.